The topological polar surface area (TPSA) is 71.1 Å². The molecule has 6 nitrogen and oxygen atoms in total. The number of allylic oxidation sites excluding steroid dienone is 2. The third kappa shape index (κ3) is 7.17. The quantitative estimate of drug-likeness (QED) is 0.223. The van der Waals surface area contributed by atoms with Crippen LogP contribution in [0, 0.1) is 23.7 Å². The number of carbonyl (C=O) groups excluding carboxylic acids is 2. The molecule has 3 aliphatic rings. The van der Waals surface area contributed by atoms with Gasteiger partial charge in [-0.3, -0.25) is 4.79 Å². The van der Waals surface area contributed by atoms with E-state index in [2.05, 4.69) is 12.2 Å². The van der Waals surface area contributed by atoms with Crippen molar-refractivity contribution in [2.45, 2.75) is 90.8 Å². The summed E-state index contributed by atoms with van der Waals surface area (Å²) in [4.78, 5) is 24.7. The van der Waals surface area contributed by atoms with Gasteiger partial charge in [-0.05, 0) is 108 Å². The first kappa shape index (κ1) is 25.9. The molecule has 0 saturated heterocycles. The lowest BCUT2D eigenvalue weighted by Crippen LogP contribution is -2.31. The largest absolute Gasteiger partial charge is 0.436 e. The van der Waals surface area contributed by atoms with Crippen molar-refractivity contribution >= 4 is 11.9 Å². The van der Waals surface area contributed by atoms with Gasteiger partial charge >= 0.3 is 11.9 Å². The Labute approximate surface area is 209 Å². The second kappa shape index (κ2) is 12.2. The van der Waals surface area contributed by atoms with Crippen molar-refractivity contribution in [1.29, 1.82) is 0 Å². The zero-order chi connectivity index (χ0) is 24.8. The number of benzene rings is 1. The Hall–Kier alpha value is -2.18. The van der Waals surface area contributed by atoms with Gasteiger partial charge in [-0.25, -0.2) is 4.79 Å². The van der Waals surface area contributed by atoms with E-state index in [1.807, 2.05) is 38.1 Å². The molecule has 0 heterocycles. The van der Waals surface area contributed by atoms with Crippen molar-refractivity contribution < 1.29 is 28.5 Å². The van der Waals surface area contributed by atoms with E-state index < -0.39 is 12.6 Å². The Kier molecular flexibility index (Phi) is 9.01. The smallest absolute Gasteiger partial charge is 0.340 e. The van der Waals surface area contributed by atoms with Crippen molar-refractivity contribution in [2.24, 2.45) is 23.7 Å². The van der Waals surface area contributed by atoms with Gasteiger partial charge in [0.1, 0.15) is 0 Å². The number of rotatable bonds is 11. The molecule has 4 rings (SSSR count). The van der Waals surface area contributed by atoms with Crippen LogP contribution in [0.25, 0.3) is 0 Å². The fraction of sp³-hybridized carbons (Fsp3) is 0.655. The van der Waals surface area contributed by atoms with Crippen LogP contribution in [-0.2, 0) is 30.2 Å². The van der Waals surface area contributed by atoms with Crippen LogP contribution < -0.4 is 0 Å². The van der Waals surface area contributed by atoms with Crippen molar-refractivity contribution in [2.75, 3.05) is 6.61 Å². The number of fused-ring (bicyclic) bond motifs is 2. The maximum atomic E-state index is 12.5. The number of carbonyl (C=O) groups is 2. The first-order valence-corrected chi connectivity index (χ1v) is 13.4. The summed E-state index contributed by atoms with van der Waals surface area (Å²) in [6.07, 6.45) is 12.0. The Morgan fingerprint density at radius 2 is 1.69 bits per heavy atom. The molecule has 6 heteroatoms. The molecular formula is C29H40O6. The van der Waals surface area contributed by atoms with Gasteiger partial charge < -0.3 is 18.9 Å². The van der Waals surface area contributed by atoms with E-state index in [1.54, 1.807) is 6.92 Å². The molecule has 1 aromatic carbocycles. The predicted octanol–water partition coefficient (Wildman–Crippen LogP) is 5.84. The molecule has 0 N–H and O–H groups in total. The number of esters is 2. The van der Waals surface area contributed by atoms with E-state index in [0.717, 1.165) is 51.4 Å². The standard InChI is InChI=1S/C29H40O6/c1-4-32-19(2)34-28(30)24-12-7-21(8-13-24)5-6-22-10-15-26(16-11-22)33-20(3)35-29(31)27-18-23-9-14-25(27)17-23/h7-9,12-14,19-20,22-23,25-27H,4-6,10-11,15-18H2,1-3H3. The normalized spacial score (nSPS) is 29.1. The lowest BCUT2D eigenvalue weighted by molar-refractivity contribution is -0.193. The zero-order valence-corrected chi connectivity index (χ0v) is 21.3. The molecule has 0 aromatic heterocycles. The highest BCUT2D eigenvalue weighted by molar-refractivity contribution is 5.89. The lowest BCUT2D eigenvalue weighted by Gasteiger charge is -2.31. The van der Waals surface area contributed by atoms with Crippen LogP contribution in [-0.4, -0.2) is 37.2 Å². The van der Waals surface area contributed by atoms with Crippen molar-refractivity contribution in [3.05, 3.63) is 47.5 Å². The third-order valence-corrected chi connectivity index (χ3v) is 7.75. The van der Waals surface area contributed by atoms with E-state index in [1.165, 1.54) is 5.56 Å². The molecule has 0 aliphatic heterocycles. The summed E-state index contributed by atoms with van der Waals surface area (Å²) in [6.45, 7) is 5.95. The van der Waals surface area contributed by atoms with Crippen LogP contribution in [0.15, 0.2) is 36.4 Å². The van der Waals surface area contributed by atoms with Crippen LogP contribution in [0.2, 0.25) is 0 Å². The van der Waals surface area contributed by atoms with E-state index >= 15 is 0 Å². The predicted molar refractivity (Wildman–Crippen MR) is 132 cm³/mol. The third-order valence-electron chi connectivity index (χ3n) is 7.75. The van der Waals surface area contributed by atoms with Crippen LogP contribution in [0.1, 0.15) is 81.6 Å². The molecule has 5 unspecified atom stereocenters. The van der Waals surface area contributed by atoms with Gasteiger partial charge in [0.2, 0.25) is 0 Å². The highest BCUT2D eigenvalue weighted by atomic mass is 16.7. The van der Waals surface area contributed by atoms with Crippen molar-refractivity contribution in [3.63, 3.8) is 0 Å². The molecule has 0 spiro atoms. The van der Waals surface area contributed by atoms with E-state index in [-0.39, 0.29) is 24.0 Å². The summed E-state index contributed by atoms with van der Waals surface area (Å²) < 4.78 is 22.3. The van der Waals surface area contributed by atoms with Gasteiger partial charge in [-0.15, -0.1) is 0 Å². The fourth-order valence-electron chi connectivity index (χ4n) is 5.82. The fourth-order valence-corrected chi connectivity index (χ4v) is 5.82. The van der Waals surface area contributed by atoms with Crippen molar-refractivity contribution in [1.82, 2.24) is 0 Å². The number of aryl methyl sites for hydroxylation is 1. The average molecular weight is 485 g/mol. The summed E-state index contributed by atoms with van der Waals surface area (Å²) >= 11 is 0. The zero-order valence-electron chi connectivity index (χ0n) is 21.3. The molecule has 0 radical (unpaired) electrons. The van der Waals surface area contributed by atoms with E-state index in [9.17, 15) is 9.59 Å². The summed E-state index contributed by atoms with van der Waals surface area (Å²) in [5.41, 5.74) is 1.78. The molecule has 2 saturated carbocycles. The molecule has 2 fully saturated rings. The van der Waals surface area contributed by atoms with E-state index in [0.29, 0.717) is 29.9 Å². The Morgan fingerprint density at radius 3 is 2.31 bits per heavy atom. The molecule has 1 aromatic rings. The van der Waals surface area contributed by atoms with Crippen LogP contribution in [0.3, 0.4) is 0 Å². The Balaban J connectivity index is 1.12. The number of hydrogen-bond acceptors (Lipinski definition) is 6. The number of hydrogen-bond donors (Lipinski definition) is 0. The van der Waals surface area contributed by atoms with Gasteiger partial charge in [-0.2, -0.15) is 0 Å². The Bertz CT molecular complexity index is 870. The summed E-state index contributed by atoms with van der Waals surface area (Å²) in [6, 6.07) is 7.69. The SMILES string of the molecule is CCOC(C)OC(=O)c1ccc(CCC2CCC(OC(C)OC(=O)C3CC4C=CC3C4)CC2)cc1. The summed E-state index contributed by atoms with van der Waals surface area (Å²) in [5.74, 6) is 1.17. The Morgan fingerprint density at radius 1 is 0.943 bits per heavy atom. The highest BCUT2D eigenvalue weighted by Crippen LogP contribution is 2.44. The summed E-state index contributed by atoms with van der Waals surface area (Å²) in [5, 5.41) is 0. The van der Waals surface area contributed by atoms with Gasteiger partial charge in [0.15, 0.2) is 12.6 Å². The highest BCUT2D eigenvalue weighted by Gasteiger charge is 2.41. The van der Waals surface area contributed by atoms with Gasteiger partial charge in [0, 0.05) is 6.61 Å². The first-order chi connectivity index (χ1) is 16.9. The second-order valence-electron chi connectivity index (χ2n) is 10.3. The van der Waals surface area contributed by atoms with Gasteiger partial charge in [0.25, 0.3) is 0 Å². The molecule has 35 heavy (non-hydrogen) atoms. The molecule has 3 aliphatic carbocycles. The molecule has 5 atom stereocenters. The number of ether oxygens (including phenoxy) is 4. The molecular weight excluding hydrogens is 444 g/mol. The lowest BCUT2D eigenvalue weighted by atomic mass is 9.83. The van der Waals surface area contributed by atoms with E-state index in [4.69, 9.17) is 18.9 Å². The van der Waals surface area contributed by atoms with Gasteiger partial charge in [0.05, 0.1) is 17.6 Å². The molecule has 192 valence electrons. The van der Waals surface area contributed by atoms with Crippen LogP contribution in [0.4, 0.5) is 0 Å². The average Bonchev–Trinajstić information content (AvgIpc) is 3.48. The minimum absolute atomic E-state index is 0.0186. The maximum absolute atomic E-state index is 12.5. The minimum Gasteiger partial charge on any atom is -0.436 e. The van der Waals surface area contributed by atoms with Gasteiger partial charge in [-0.1, -0.05) is 24.3 Å². The molecule has 0 amide bonds. The molecule has 2 bridgehead atoms. The minimum atomic E-state index is -0.541. The summed E-state index contributed by atoms with van der Waals surface area (Å²) in [7, 11) is 0. The monoisotopic (exact) mass is 484 g/mol. The second-order valence-corrected chi connectivity index (χ2v) is 10.3. The van der Waals surface area contributed by atoms with Crippen LogP contribution >= 0.6 is 0 Å². The van der Waals surface area contributed by atoms with Crippen molar-refractivity contribution in [3.8, 4) is 0 Å². The first-order valence-electron chi connectivity index (χ1n) is 13.4. The van der Waals surface area contributed by atoms with Crippen LogP contribution in [0.5, 0.6) is 0 Å². The maximum Gasteiger partial charge on any atom is 0.340 e.